The lowest BCUT2D eigenvalue weighted by molar-refractivity contribution is -0.136. The fourth-order valence-electron chi connectivity index (χ4n) is 4.63. The largest absolute Gasteiger partial charge is 0.340 e. The lowest BCUT2D eigenvalue weighted by atomic mass is 9.89. The molecule has 0 unspecified atom stereocenters. The second kappa shape index (κ2) is 10.2. The van der Waals surface area contributed by atoms with Gasteiger partial charge in [0.05, 0.1) is 5.54 Å². The van der Waals surface area contributed by atoms with Gasteiger partial charge < -0.3 is 15.5 Å². The molecule has 1 saturated heterocycles. The van der Waals surface area contributed by atoms with Gasteiger partial charge in [-0.05, 0) is 44.6 Å². The van der Waals surface area contributed by atoms with Gasteiger partial charge in [0, 0.05) is 26.2 Å². The summed E-state index contributed by atoms with van der Waals surface area (Å²) in [5, 5.41) is 0. The fraction of sp³-hybridized carbons (Fsp3) is 0.944. The van der Waals surface area contributed by atoms with Crippen LogP contribution < -0.4 is 5.73 Å². The summed E-state index contributed by atoms with van der Waals surface area (Å²) in [6.45, 7) is 5.22. The van der Waals surface area contributed by atoms with E-state index < -0.39 is 5.54 Å². The molecule has 0 spiro atoms. The van der Waals surface area contributed by atoms with E-state index in [1.165, 1.54) is 38.6 Å². The summed E-state index contributed by atoms with van der Waals surface area (Å²) in [5.74, 6) is 1.12. The van der Waals surface area contributed by atoms with Crippen molar-refractivity contribution in [2.75, 3.05) is 32.7 Å². The van der Waals surface area contributed by atoms with E-state index >= 15 is 0 Å². The first-order chi connectivity index (χ1) is 10.7. The Balaban J connectivity index is 0.00000144. The SMILES string of the molecule is Cl.Cl.NC1(C(=O)N2CCCN(CC3CCCCC3)CC2)CCCC1. The molecule has 1 aliphatic heterocycles. The number of nitrogens with two attached hydrogens (primary N) is 1. The molecule has 1 amide bonds. The van der Waals surface area contributed by atoms with Crippen molar-refractivity contribution in [3.63, 3.8) is 0 Å². The highest BCUT2D eigenvalue weighted by molar-refractivity contribution is 5.86. The van der Waals surface area contributed by atoms with Crippen LogP contribution in [0.1, 0.15) is 64.2 Å². The van der Waals surface area contributed by atoms with Gasteiger partial charge in [0.25, 0.3) is 0 Å². The van der Waals surface area contributed by atoms with Gasteiger partial charge in [0.1, 0.15) is 0 Å². The molecule has 3 aliphatic rings. The highest BCUT2D eigenvalue weighted by Crippen LogP contribution is 2.29. The molecule has 24 heavy (non-hydrogen) atoms. The molecule has 0 aromatic carbocycles. The minimum absolute atomic E-state index is 0. The van der Waals surface area contributed by atoms with Crippen LogP contribution in [-0.4, -0.2) is 54.0 Å². The Morgan fingerprint density at radius 1 is 0.875 bits per heavy atom. The molecule has 4 nitrogen and oxygen atoms in total. The van der Waals surface area contributed by atoms with Crippen LogP contribution in [0, 0.1) is 5.92 Å². The van der Waals surface area contributed by atoms with Gasteiger partial charge in [-0.25, -0.2) is 0 Å². The summed E-state index contributed by atoms with van der Waals surface area (Å²) in [6.07, 6.45) is 12.2. The van der Waals surface area contributed by atoms with Crippen LogP contribution in [0.25, 0.3) is 0 Å². The maximum Gasteiger partial charge on any atom is 0.242 e. The molecule has 3 fully saturated rings. The molecular formula is C18H35Cl2N3O. The van der Waals surface area contributed by atoms with Gasteiger partial charge >= 0.3 is 0 Å². The average molecular weight is 380 g/mol. The summed E-state index contributed by atoms with van der Waals surface area (Å²) in [4.78, 5) is 17.4. The zero-order valence-electron chi connectivity index (χ0n) is 14.9. The van der Waals surface area contributed by atoms with Crippen molar-refractivity contribution in [1.29, 1.82) is 0 Å². The van der Waals surface area contributed by atoms with Crippen molar-refractivity contribution >= 4 is 30.7 Å². The average Bonchev–Trinajstić information content (AvgIpc) is 2.86. The number of halogens is 2. The smallest absolute Gasteiger partial charge is 0.242 e. The summed E-state index contributed by atoms with van der Waals surface area (Å²) in [7, 11) is 0. The van der Waals surface area contributed by atoms with E-state index in [0.717, 1.165) is 64.2 Å². The van der Waals surface area contributed by atoms with Crippen LogP contribution in [0.15, 0.2) is 0 Å². The van der Waals surface area contributed by atoms with Crippen molar-refractivity contribution in [2.24, 2.45) is 11.7 Å². The second-order valence-electron chi connectivity index (χ2n) is 7.81. The topological polar surface area (TPSA) is 49.6 Å². The van der Waals surface area contributed by atoms with E-state index in [4.69, 9.17) is 5.73 Å². The van der Waals surface area contributed by atoms with E-state index in [1.807, 2.05) is 0 Å². The first-order valence-corrected chi connectivity index (χ1v) is 9.48. The fourth-order valence-corrected chi connectivity index (χ4v) is 4.63. The Morgan fingerprint density at radius 3 is 2.21 bits per heavy atom. The molecule has 142 valence electrons. The predicted molar refractivity (Wildman–Crippen MR) is 104 cm³/mol. The van der Waals surface area contributed by atoms with Gasteiger partial charge in [-0.3, -0.25) is 4.79 Å². The highest BCUT2D eigenvalue weighted by atomic mass is 35.5. The standard InChI is InChI=1S/C18H33N3O.2ClH/c19-18(9-4-5-10-18)17(22)21-12-6-11-20(13-14-21)15-16-7-2-1-3-8-16;;/h16H,1-15,19H2;2*1H. The summed E-state index contributed by atoms with van der Waals surface area (Å²) in [5.41, 5.74) is 5.82. The number of amides is 1. The summed E-state index contributed by atoms with van der Waals surface area (Å²) >= 11 is 0. The first kappa shape index (κ1) is 22.0. The second-order valence-corrected chi connectivity index (χ2v) is 7.81. The monoisotopic (exact) mass is 379 g/mol. The third-order valence-electron chi connectivity index (χ3n) is 6.04. The van der Waals surface area contributed by atoms with Gasteiger partial charge in [-0.15, -0.1) is 24.8 Å². The van der Waals surface area contributed by atoms with Crippen molar-refractivity contribution in [3.05, 3.63) is 0 Å². The molecule has 2 N–H and O–H groups in total. The van der Waals surface area contributed by atoms with Crippen LogP contribution in [0.4, 0.5) is 0 Å². The molecule has 0 aromatic rings. The number of rotatable bonds is 3. The maximum atomic E-state index is 12.8. The Hall–Kier alpha value is -0.0300. The van der Waals surface area contributed by atoms with Crippen molar-refractivity contribution < 1.29 is 4.79 Å². The van der Waals surface area contributed by atoms with Gasteiger partial charge in [0.2, 0.25) is 5.91 Å². The summed E-state index contributed by atoms with van der Waals surface area (Å²) in [6, 6.07) is 0. The molecule has 2 saturated carbocycles. The zero-order valence-corrected chi connectivity index (χ0v) is 16.5. The van der Waals surface area contributed by atoms with E-state index in [2.05, 4.69) is 9.80 Å². The maximum absolute atomic E-state index is 12.8. The zero-order chi connectivity index (χ0) is 15.4. The van der Waals surface area contributed by atoms with Crippen molar-refractivity contribution in [2.45, 2.75) is 69.7 Å². The number of carbonyl (C=O) groups excluding carboxylic acids is 1. The van der Waals surface area contributed by atoms with Crippen LogP contribution in [0.5, 0.6) is 0 Å². The lowest BCUT2D eigenvalue weighted by Gasteiger charge is -2.31. The van der Waals surface area contributed by atoms with Crippen molar-refractivity contribution in [1.82, 2.24) is 9.80 Å². The Morgan fingerprint density at radius 2 is 1.54 bits per heavy atom. The highest BCUT2D eigenvalue weighted by Gasteiger charge is 2.40. The lowest BCUT2D eigenvalue weighted by Crippen LogP contribution is -2.54. The third kappa shape index (κ3) is 5.48. The van der Waals surface area contributed by atoms with Gasteiger partial charge in [-0.1, -0.05) is 32.1 Å². The van der Waals surface area contributed by atoms with E-state index in [-0.39, 0.29) is 30.7 Å². The molecule has 3 rings (SSSR count). The number of carbonyl (C=O) groups is 1. The summed E-state index contributed by atoms with van der Waals surface area (Å²) < 4.78 is 0. The molecule has 0 bridgehead atoms. The number of hydrogen-bond donors (Lipinski definition) is 1. The molecule has 6 heteroatoms. The van der Waals surface area contributed by atoms with E-state index in [9.17, 15) is 4.79 Å². The molecular weight excluding hydrogens is 345 g/mol. The number of hydrogen-bond acceptors (Lipinski definition) is 3. The van der Waals surface area contributed by atoms with Gasteiger partial charge in [0.15, 0.2) is 0 Å². The van der Waals surface area contributed by atoms with Crippen LogP contribution in [0.3, 0.4) is 0 Å². The normalized spacial score (nSPS) is 25.5. The molecule has 2 aliphatic carbocycles. The Bertz CT molecular complexity index is 382. The van der Waals surface area contributed by atoms with Crippen LogP contribution >= 0.6 is 24.8 Å². The minimum atomic E-state index is -0.543. The third-order valence-corrected chi connectivity index (χ3v) is 6.04. The predicted octanol–water partition coefficient (Wildman–Crippen LogP) is 3.22. The first-order valence-electron chi connectivity index (χ1n) is 9.48. The minimum Gasteiger partial charge on any atom is -0.340 e. The molecule has 0 aromatic heterocycles. The van der Waals surface area contributed by atoms with Crippen molar-refractivity contribution in [3.8, 4) is 0 Å². The Labute approximate surface area is 159 Å². The van der Waals surface area contributed by atoms with Gasteiger partial charge in [-0.2, -0.15) is 0 Å². The van der Waals surface area contributed by atoms with E-state index in [1.54, 1.807) is 0 Å². The quantitative estimate of drug-likeness (QED) is 0.818. The van der Waals surface area contributed by atoms with Crippen LogP contribution in [0.2, 0.25) is 0 Å². The van der Waals surface area contributed by atoms with E-state index in [0.29, 0.717) is 0 Å². The molecule has 0 atom stereocenters. The molecule has 1 heterocycles. The molecule has 0 radical (unpaired) electrons. The Kier molecular flexibility index (Phi) is 9.35. The number of nitrogens with zero attached hydrogens (tertiary/aromatic N) is 2. The van der Waals surface area contributed by atoms with Crippen LogP contribution in [-0.2, 0) is 4.79 Å².